The Labute approximate surface area is 101 Å². The first kappa shape index (κ1) is 13.1. The molecule has 1 N–H and O–H groups in total. The van der Waals surface area contributed by atoms with E-state index in [1.54, 1.807) is 16.9 Å². The summed E-state index contributed by atoms with van der Waals surface area (Å²) in [6, 6.07) is 1.81. The van der Waals surface area contributed by atoms with E-state index in [2.05, 4.69) is 22.3 Å². The fraction of sp³-hybridized carbons (Fsp3) is 0.500. The summed E-state index contributed by atoms with van der Waals surface area (Å²) in [6.07, 6.45) is 1.21. The molecule has 0 spiro atoms. The molecule has 17 heavy (non-hydrogen) atoms. The Morgan fingerprint density at radius 1 is 1.59 bits per heavy atom. The normalized spacial score (nSPS) is 10.4. The van der Waals surface area contributed by atoms with Gasteiger partial charge in [0, 0.05) is 7.05 Å². The summed E-state index contributed by atoms with van der Waals surface area (Å²) in [6.45, 7) is 5.69. The van der Waals surface area contributed by atoms with Gasteiger partial charge in [0.15, 0.2) is 0 Å². The minimum Gasteiger partial charge on any atom is -0.444 e. The molecule has 5 heteroatoms. The van der Waals surface area contributed by atoms with Crippen molar-refractivity contribution >= 4 is 6.09 Å². The predicted octanol–water partition coefficient (Wildman–Crippen LogP) is 1.30. The second-order valence-electron chi connectivity index (χ2n) is 4.50. The third-order valence-electron chi connectivity index (χ3n) is 1.76. The molecule has 0 aromatic carbocycles. The molecule has 1 aromatic heterocycles. The van der Waals surface area contributed by atoms with Crippen LogP contribution in [-0.4, -0.2) is 28.0 Å². The highest BCUT2D eigenvalue weighted by Crippen LogP contribution is 2.05. The molecular formula is C12H17N3O2. The molecule has 0 aliphatic heterocycles. The average molecular weight is 235 g/mol. The number of carbonyl (C=O) groups excluding carboxylic acids is 1. The summed E-state index contributed by atoms with van der Waals surface area (Å²) < 4.78 is 6.73. The second-order valence-corrected chi connectivity index (χ2v) is 4.50. The van der Waals surface area contributed by atoms with E-state index in [0.717, 1.165) is 5.69 Å². The third kappa shape index (κ3) is 5.07. The molecule has 0 radical (unpaired) electrons. The number of nitrogens with zero attached hydrogens (tertiary/aromatic N) is 2. The molecule has 1 amide bonds. The maximum Gasteiger partial charge on any atom is 0.408 e. The van der Waals surface area contributed by atoms with E-state index in [4.69, 9.17) is 4.74 Å². The first-order valence-corrected chi connectivity index (χ1v) is 5.32. The lowest BCUT2D eigenvalue weighted by molar-refractivity contribution is 0.0535. The molecule has 0 unspecified atom stereocenters. The lowest BCUT2D eigenvalue weighted by Crippen LogP contribution is -2.32. The molecule has 1 heterocycles. The van der Waals surface area contributed by atoms with Gasteiger partial charge in [-0.25, -0.2) is 4.79 Å². The van der Waals surface area contributed by atoms with Crippen molar-refractivity contribution in [3.05, 3.63) is 18.0 Å². The van der Waals surface area contributed by atoms with Gasteiger partial charge in [0.25, 0.3) is 0 Å². The molecule has 0 atom stereocenters. The Balaban J connectivity index is 2.36. The van der Waals surface area contributed by atoms with Crippen molar-refractivity contribution in [2.24, 2.45) is 7.05 Å². The number of alkyl carbamates (subject to hydrolysis) is 1. The van der Waals surface area contributed by atoms with Crippen LogP contribution in [0.4, 0.5) is 4.79 Å². The third-order valence-corrected chi connectivity index (χ3v) is 1.76. The molecule has 1 aromatic rings. The van der Waals surface area contributed by atoms with Crippen LogP contribution in [0.2, 0.25) is 0 Å². The molecule has 0 aliphatic rings. The zero-order valence-corrected chi connectivity index (χ0v) is 10.6. The van der Waals surface area contributed by atoms with Crippen LogP contribution in [0.25, 0.3) is 0 Å². The molecule has 0 saturated heterocycles. The minimum absolute atomic E-state index is 0.250. The highest BCUT2D eigenvalue weighted by Gasteiger charge is 2.14. The fourth-order valence-electron chi connectivity index (χ4n) is 1.06. The number of carbonyl (C=O) groups is 1. The summed E-state index contributed by atoms with van der Waals surface area (Å²) in [5.74, 6) is 5.71. The van der Waals surface area contributed by atoms with Crippen LogP contribution in [0.1, 0.15) is 26.5 Å². The van der Waals surface area contributed by atoms with Gasteiger partial charge in [0.2, 0.25) is 0 Å². The van der Waals surface area contributed by atoms with Gasteiger partial charge in [0.05, 0.1) is 12.7 Å². The summed E-state index contributed by atoms with van der Waals surface area (Å²) in [7, 11) is 1.81. The number of nitrogens with one attached hydrogen (secondary N) is 1. The van der Waals surface area contributed by atoms with E-state index >= 15 is 0 Å². The largest absolute Gasteiger partial charge is 0.444 e. The van der Waals surface area contributed by atoms with Crippen LogP contribution < -0.4 is 5.32 Å². The number of aromatic nitrogens is 2. The number of aryl methyl sites for hydroxylation is 1. The van der Waals surface area contributed by atoms with Crippen LogP contribution >= 0.6 is 0 Å². The predicted molar refractivity (Wildman–Crippen MR) is 64.3 cm³/mol. The summed E-state index contributed by atoms with van der Waals surface area (Å²) in [4.78, 5) is 11.3. The van der Waals surface area contributed by atoms with Gasteiger partial charge >= 0.3 is 6.09 Å². The van der Waals surface area contributed by atoms with Crippen molar-refractivity contribution in [3.63, 3.8) is 0 Å². The monoisotopic (exact) mass is 235 g/mol. The molecule has 0 saturated carbocycles. The van der Waals surface area contributed by atoms with Gasteiger partial charge in [-0.05, 0) is 32.8 Å². The number of hydrogen-bond acceptors (Lipinski definition) is 3. The van der Waals surface area contributed by atoms with Crippen molar-refractivity contribution in [2.45, 2.75) is 26.4 Å². The number of amides is 1. The van der Waals surface area contributed by atoms with Gasteiger partial charge in [-0.3, -0.25) is 4.68 Å². The Morgan fingerprint density at radius 3 is 2.82 bits per heavy atom. The zero-order valence-electron chi connectivity index (χ0n) is 10.6. The highest BCUT2D eigenvalue weighted by atomic mass is 16.6. The van der Waals surface area contributed by atoms with Crippen molar-refractivity contribution in [1.82, 2.24) is 15.1 Å². The quantitative estimate of drug-likeness (QED) is 0.746. The van der Waals surface area contributed by atoms with E-state index in [-0.39, 0.29) is 6.54 Å². The molecular weight excluding hydrogens is 218 g/mol. The average Bonchev–Trinajstić information content (AvgIpc) is 2.56. The number of ether oxygens (including phenoxy) is 1. The van der Waals surface area contributed by atoms with Crippen LogP contribution in [0, 0.1) is 11.8 Å². The van der Waals surface area contributed by atoms with E-state index in [0.29, 0.717) is 0 Å². The lowest BCUT2D eigenvalue weighted by atomic mass is 10.2. The Morgan fingerprint density at radius 2 is 2.29 bits per heavy atom. The summed E-state index contributed by atoms with van der Waals surface area (Å²) >= 11 is 0. The van der Waals surface area contributed by atoms with Gasteiger partial charge in [0.1, 0.15) is 11.3 Å². The zero-order chi connectivity index (χ0) is 12.9. The highest BCUT2D eigenvalue weighted by molar-refractivity contribution is 5.68. The van der Waals surface area contributed by atoms with E-state index in [1.807, 2.05) is 27.8 Å². The van der Waals surface area contributed by atoms with E-state index < -0.39 is 11.7 Å². The van der Waals surface area contributed by atoms with Crippen molar-refractivity contribution in [1.29, 1.82) is 0 Å². The minimum atomic E-state index is -0.487. The standard InChI is InChI=1S/C12H17N3O2/c1-12(2,3)17-11(16)13-8-5-6-10-7-9-14-15(10)4/h7,9H,8H2,1-4H3,(H,13,16). The van der Waals surface area contributed by atoms with Gasteiger partial charge < -0.3 is 10.1 Å². The maximum atomic E-state index is 11.3. The molecule has 0 fully saturated rings. The number of hydrogen-bond donors (Lipinski definition) is 1. The summed E-state index contributed by atoms with van der Waals surface area (Å²) in [5, 5.41) is 6.54. The van der Waals surface area contributed by atoms with Crippen LogP contribution in [0.3, 0.4) is 0 Å². The molecule has 92 valence electrons. The first-order chi connectivity index (χ1) is 7.88. The first-order valence-electron chi connectivity index (χ1n) is 5.32. The Bertz CT molecular complexity index is 446. The molecule has 0 bridgehead atoms. The number of rotatable bonds is 1. The SMILES string of the molecule is Cn1nccc1C#CCNC(=O)OC(C)(C)C. The van der Waals surface area contributed by atoms with Crippen molar-refractivity contribution in [2.75, 3.05) is 6.54 Å². The fourth-order valence-corrected chi connectivity index (χ4v) is 1.06. The smallest absolute Gasteiger partial charge is 0.408 e. The van der Waals surface area contributed by atoms with Gasteiger partial charge in [-0.1, -0.05) is 5.92 Å². The molecule has 0 aliphatic carbocycles. The van der Waals surface area contributed by atoms with E-state index in [9.17, 15) is 4.79 Å². The van der Waals surface area contributed by atoms with Crippen LogP contribution in [0.5, 0.6) is 0 Å². The topological polar surface area (TPSA) is 56.2 Å². The second kappa shape index (κ2) is 5.39. The van der Waals surface area contributed by atoms with Gasteiger partial charge in [-0.15, -0.1) is 0 Å². The van der Waals surface area contributed by atoms with Crippen molar-refractivity contribution < 1.29 is 9.53 Å². The van der Waals surface area contributed by atoms with Crippen LogP contribution in [-0.2, 0) is 11.8 Å². The van der Waals surface area contributed by atoms with Crippen molar-refractivity contribution in [3.8, 4) is 11.8 Å². The van der Waals surface area contributed by atoms with E-state index in [1.165, 1.54) is 0 Å². The van der Waals surface area contributed by atoms with Crippen LogP contribution in [0.15, 0.2) is 12.3 Å². The lowest BCUT2D eigenvalue weighted by Gasteiger charge is -2.18. The Kier molecular flexibility index (Phi) is 4.16. The van der Waals surface area contributed by atoms with Gasteiger partial charge in [-0.2, -0.15) is 5.10 Å². The summed E-state index contributed by atoms with van der Waals surface area (Å²) in [5.41, 5.74) is 0.315. The Hall–Kier alpha value is -1.96. The maximum absolute atomic E-state index is 11.3. The molecule has 5 nitrogen and oxygen atoms in total. The molecule has 1 rings (SSSR count).